The van der Waals surface area contributed by atoms with E-state index in [1.54, 1.807) is 25.4 Å². The number of carbonyl (C=O) groups is 2. The summed E-state index contributed by atoms with van der Waals surface area (Å²) in [7, 11) is 1.31. The molecule has 1 N–H and O–H groups in total. The molecule has 6 nitrogen and oxygen atoms in total. The molecule has 0 atom stereocenters. The lowest BCUT2D eigenvalue weighted by molar-refractivity contribution is -0.115. The van der Waals surface area contributed by atoms with E-state index in [2.05, 4.69) is 27.1 Å². The molecule has 3 rings (SSSR count). The molecule has 2 heterocycles. The number of hydrogen-bond acceptors (Lipinski definition) is 5. The summed E-state index contributed by atoms with van der Waals surface area (Å²) in [5, 5.41) is 2.68. The quantitative estimate of drug-likeness (QED) is 0.547. The van der Waals surface area contributed by atoms with Crippen LogP contribution in [-0.2, 0) is 9.53 Å². The first-order valence-electron chi connectivity index (χ1n) is 9.01. The van der Waals surface area contributed by atoms with Gasteiger partial charge in [-0.05, 0) is 36.4 Å². The third-order valence-corrected chi connectivity index (χ3v) is 4.03. The zero-order chi connectivity index (χ0) is 20.6. The number of benzene rings is 1. The molecule has 0 radical (unpaired) electrons. The molecule has 1 amide bonds. The molecule has 0 aliphatic heterocycles. The van der Waals surface area contributed by atoms with E-state index in [9.17, 15) is 9.59 Å². The van der Waals surface area contributed by atoms with E-state index in [4.69, 9.17) is 4.74 Å². The molecule has 0 fully saturated rings. The Balaban J connectivity index is 1.90. The molecule has 0 aliphatic rings. The highest BCUT2D eigenvalue weighted by atomic mass is 16.5. The molecular weight excluding hydrogens is 366 g/mol. The van der Waals surface area contributed by atoms with E-state index >= 15 is 0 Å². The zero-order valence-electron chi connectivity index (χ0n) is 16.1. The normalized spacial score (nSPS) is 9.86. The minimum atomic E-state index is -0.500. The van der Waals surface area contributed by atoms with E-state index < -0.39 is 5.97 Å². The number of amides is 1. The number of pyridine rings is 2. The van der Waals surface area contributed by atoms with Crippen molar-refractivity contribution >= 4 is 17.7 Å². The Morgan fingerprint density at radius 2 is 1.83 bits per heavy atom. The monoisotopic (exact) mass is 385 g/mol. The van der Waals surface area contributed by atoms with Crippen LogP contribution in [0.3, 0.4) is 0 Å². The Morgan fingerprint density at radius 3 is 2.48 bits per heavy atom. The van der Waals surface area contributed by atoms with Gasteiger partial charge in [0.2, 0.25) is 5.91 Å². The van der Waals surface area contributed by atoms with Crippen LogP contribution in [0, 0.1) is 11.8 Å². The minimum Gasteiger partial charge on any atom is -0.465 e. The van der Waals surface area contributed by atoms with Gasteiger partial charge in [0.25, 0.3) is 0 Å². The third-order valence-electron chi connectivity index (χ3n) is 4.03. The summed E-state index contributed by atoms with van der Waals surface area (Å²) in [6, 6.07) is 14.3. The van der Waals surface area contributed by atoms with Gasteiger partial charge in [0, 0.05) is 35.5 Å². The Kier molecular flexibility index (Phi) is 6.33. The maximum Gasteiger partial charge on any atom is 0.338 e. The molecule has 0 bridgehead atoms. The number of hydrogen-bond donors (Lipinski definition) is 1. The van der Waals surface area contributed by atoms with Crippen molar-refractivity contribution in [3.63, 3.8) is 0 Å². The molecule has 29 heavy (non-hydrogen) atoms. The van der Waals surface area contributed by atoms with Crippen LogP contribution in [0.1, 0.15) is 34.8 Å². The summed E-state index contributed by atoms with van der Waals surface area (Å²) in [6.45, 7) is 1.74. The van der Waals surface area contributed by atoms with Crippen molar-refractivity contribution in [1.29, 1.82) is 0 Å². The van der Waals surface area contributed by atoms with Crippen molar-refractivity contribution in [1.82, 2.24) is 9.97 Å². The van der Waals surface area contributed by atoms with Gasteiger partial charge in [-0.25, -0.2) is 9.78 Å². The third kappa shape index (κ3) is 5.27. The van der Waals surface area contributed by atoms with Gasteiger partial charge >= 0.3 is 5.97 Å². The second kappa shape index (κ2) is 9.29. The number of methoxy groups -OCH3 is 1. The number of esters is 1. The molecule has 6 heteroatoms. The van der Waals surface area contributed by atoms with Crippen LogP contribution in [0.15, 0.2) is 60.9 Å². The van der Waals surface area contributed by atoms with Crippen LogP contribution in [0.25, 0.3) is 11.3 Å². The number of nitrogens with zero attached hydrogens (tertiary/aromatic N) is 2. The number of aromatic nitrogens is 2. The molecule has 0 saturated carbocycles. The van der Waals surface area contributed by atoms with Crippen molar-refractivity contribution in [2.75, 3.05) is 12.4 Å². The second-order valence-electron chi connectivity index (χ2n) is 6.09. The molecular formula is C23H19N3O3. The van der Waals surface area contributed by atoms with Crippen LogP contribution in [-0.4, -0.2) is 29.0 Å². The molecule has 0 aliphatic carbocycles. The van der Waals surface area contributed by atoms with Gasteiger partial charge in [0.05, 0.1) is 18.4 Å². The van der Waals surface area contributed by atoms with Crippen molar-refractivity contribution in [3.05, 3.63) is 77.6 Å². The van der Waals surface area contributed by atoms with Crippen LogP contribution < -0.4 is 5.32 Å². The first kappa shape index (κ1) is 19.8. The summed E-state index contributed by atoms with van der Waals surface area (Å²) in [5.74, 6) is 5.75. The summed E-state index contributed by atoms with van der Waals surface area (Å²) in [5.41, 5.74) is 3.31. The Hall–Kier alpha value is -3.98. The molecule has 144 valence electrons. The largest absolute Gasteiger partial charge is 0.465 e. The first-order chi connectivity index (χ1) is 14.1. The first-order valence-corrected chi connectivity index (χ1v) is 9.01. The predicted molar refractivity (Wildman–Crippen MR) is 110 cm³/mol. The van der Waals surface area contributed by atoms with Gasteiger partial charge in [-0.15, -0.1) is 0 Å². The van der Waals surface area contributed by atoms with Gasteiger partial charge in [0.1, 0.15) is 5.82 Å². The average Bonchev–Trinajstić information content (AvgIpc) is 2.77. The smallest absolute Gasteiger partial charge is 0.338 e. The summed E-state index contributed by atoms with van der Waals surface area (Å²) < 4.78 is 4.80. The molecule has 2 aromatic heterocycles. The maximum atomic E-state index is 12.0. The lowest BCUT2D eigenvalue weighted by atomic mass is 10.1. The molecule has 1 aromatic carbocycles. The number of anilines is 1. The standard InChI is InChI=1S/C23H19N3O3/c1-3-22(27)26-21-14-19(23(28)29-2)13-20(25-21)18-10-8-16(9-11-18)6-7-17-5-4-12-24-15-17/h4-5,8-15H,3H2,1-2H3,(H,25,26,27). The highest BCUT2D eigenvalue weighted by Gasteiger charge is 2.12. The molecule has 0 spiro atoms. The van der Waals surface area contributed by atoms with Crippen molar-refractivity contribution in [3.8, 4) is 23.1 Å². The van der Waals surface area contributed by atoms with Gasteiger partial charge in [-0.2, -0.15) is 0 Å². The van der Waals surface area contributed by atoms with E-state index in [0.717, 1.165) is 16.7 Å². The van der Waals surface area contributed by atoms with Crippen molar-refractivity contribution in [2.24, 2.45) is 0 Å². The van der Waals surface area contributed by atoms with E-state index in [1.807, 2.05) is 36.4 Å². The van der Waals surface area contributed by atoms with E-state index in [0.29, 0.717) is 23.5 Å². The Labute approximate surface area is 169 Å². The summed E-state index contributed by atoms with van der Waals surface area (Å²) in [4.78, 5) is 32.2. The van der Waals surface area contributed by atoms with Crippen molar-refractivity contribution < 1.29 is 14.3 Å². The zero-order valence-corrected chi connectivity index (χ0v) is 16.1. The maximum absolute atomic E-state index is 12.0. The van der Waals surface area contributed by atoms with Crippen LogP contribution in [0.2, 0.25) is 0 Å². The predicted octanol–water partition coefficient (Wildman–Crippen LogP) is 3.68. The van der Waals surface area contributed by atoms with E-state index in [-0.39, 0.29) is 5.91 Å². The van der Waals surface area contributed by atoms with Crippen LogP contribution >= 0.6 is 0 Å². The fourth-order valence-corrected chi connectivity index (χ4v) is 2.51. The lowest BCUT2D eigenvalue weighted by Crippen LogP contribution is -2.12. The van der Waals surface area contributed by atoms with Crippen molar-refractivity contribution in [2.45, 2.75) is 13.3 Å². The Morgan fingerprint density at radius 1 is 1.07 bits per heavy atom. The summed E-state index contributed by atoms with van der Waals surface area (Å²) >= 11 is 0. The van der Waals surface area contributed by atoms with Crippen LogP contribution in [0.5, 0.6) is 0 Å². The van der Waals surface area contributed by atoms with Crippen LogP contribution in [0.4, 0.5) is 5.82 Å². The highest BCUT2D eigenvalue weighted by Crippen LogP contribution is 2.22. The molecule has 0 unspecified atom stereocenters. The number of ether oxygens (including phenoxy) is 1. The number of rotatable bonds is 4. The molecule has 0 saturated heterocycles. The van der Waals surface area contributed by atoms with Gasteiger partial charge in [-0.1, -0.05) is 30.9 Å². The second-order valence-corrected chi connectivity index (χ2v) is 6.09. The summed E-state index contributed by atoms with van der Waals surface area (Å²) in [6.07, 6.45) is 3.71. The highest BCUT2D eigenvalue weighted by molar-refractivity contribution is 5.94. The lowest BCUT2D eigenvalue weighted by Gasteiger charge is -2.09. The van der Waals surface area contributed by atoms with Gasteiger partial charge in [-0.3, -0.25) is 9.78 Å². The Bertz CT molecular complexity index is 1080. The van der Waals surface area contributed by atoms with E-state index in [1.165, 1.54) is 13.2 Å². The fraction of sp³-hybridized carbons (Fsp3) is 0.130. The molecule has 3 aromatic rings. The minimum absolute atomic E-state index is 0.188. The van der Waals surface area contributed by atoms with Gasteiger partial charge < -0.3 is 10.1 Å². The number of carbonyl (C=O) groups excluding carboxylic acids is 2. The fourth-order valence-electron chi connectivity index (χ4n) is 2.51. The topological polar surface area (TPSA) is 81.2 Å². The SMILES string of the molecule is CCC(=O)Nc1cc(C(=O)OC)cc(-c2ccc(C#Cc3cccnc3)cc2)n1. The average molecular weight is 385 g/mol. The van der Waals surface area contributed by atoms with Gasteiger partial charge in [0.15, 0.2) is 0 Å². The number of nitrogens with one attached hydrogen (secondary N) is 1.